The summed E-state index contributed by atoms with van der Waals surface area (Å²) in [5, 5.41) is 3.60. The molecule has 1 fully saturated rings. The standard InChI is InChI=1S/C29H34ClN3O3/c1-32(20-28(22-8-4-3-5-9-22)33-17-16-26(19-33)36-21-35-2)25-14-12-23(13-15-25)29(34)31-18-24-10-6-7-11-27(24)30/h3-15,26,28H,16-21H2,1-2H3,(H,31,34)/t26-,28-/m0/s1. The van der Waals surface area contributed by atoms with Crippen molar-refractivity contribution >= 4 is 23.2 Å². The molecule has 6 nitrogen and oxygen atoms in total. The van der Waals surface area contributed by atoms with Crippen molar-refractivity contribution < 1.29 is 14.3 Å². The molecule has 0 saturated carbocycles. The highest BCUT2D eigenvalue weighted by molar-refractivity contribution is 6.31. The Labute approximate surface area is 218 Å². The number of likely N-dealkylation sites (tertiary alicyclic amines) is 1. The summed E-state index contributed by atoms with van der Waals surface area (Å²) in [5.74, 6) is -0.120. The molecule has 0 aromatic heterocycles. The fourth-order valence-corrected chi connectivity index (χ4v) is 4.80. The number of hydrogen-bond donors (Lipinski definition) is 1. The summed E-state index contributed by atoms with van der Waals surface area (Å²) >= 11 is 6.20. The number of nitrogens with one attached hydrogen (secondary N) is 1. The molecule has 2 atom stereocenters. The molecule has 0 aliphatic carbocycles. The highest BCUT2D eigenvalue weighted by Crippen LogP contribution is 2.28. The van der Waals surface area contributed by atoms with Crippen molar-refractivity contribution in [2.24, 2.45) is 0 Å². The molecule has 36 heavy (non-hydrogen) atoms. The summed E-state index contributed by atoms with van der Waals surface area (Å²) in [6, 6.07) is 26.1. The smallest absolute Gasteiger partial charge is 0.251 e. The van der Waals surface area contributed by atoms with E-state index in [0.29, 0.717) is 23.9 Å². The van der Waals surface area contributed by atoms with Gasteiger partial charge in [0.05, 0.1) is 12.1 Å². The molecule has 1 amide bonds. The molecule has 3 aromatic carbocycles. The largest absolute Gasteiger partial charge is 0.373 e. The maximum Gasteiger partial charge on any atom is 0.251 e. The molecular formula is C29H34ClN3O3. The predicted octanol–water partition coefficient (Wildman–Crippen LogP) is 5.14. The second-order valence-electron chi connectivity index (χ2n) is 9.11. The number of carbonyl (C=O) groups is 1. The van der Waals surface area contributed by atoms with Gasteiger partial charge in [0.2, 0.25) is 0 Å². The first kappa shape index (κ1) is 26.2. The molecule has 1 aliphatic heterocycles. The molecule has 190 valence electrons. The lowest BCUT2D eigenvalue weighted by molar-refractivity contribution is -0.0679. The van der Waals surface area contributed by atoms with Crippen molar-refractivity contribution in [3.63, 3.8) is 0 Å². The molecule has 1 aliphatic rings. The Hall–Kier alpha value is -2.90. The molecule has 0 spiro atoms. The van der Waals surface area contributed by atoms with E-state index in [1.165, 1.54) is 5.56 Å². The van der Waals surface area contributed by atoms with Gasteiger partial charge in [-0.15, -0.1) is 0 Å². The molecule has 0 radical (unpaired) electrons. The van der Waals surface area contributed by atoms with Crippen LogP contribution in [0.5, 0.6) is 0 Å². The number of ether oxygens (including phenoxy) is 2. The lowest BCUT2D eigenvalue weighted by Crippen LogP contribution is -2.36. The summed E-state index contributed by atoms with van der Waals surface area (Å²) < 4.78 is 10.9. The molecule has 7 heteroatoms. The van der Waals surface area contributed by atoms with Crippen molar-refractivity contribution in [2.75, 3.05) is 45.5 Å². The minimum Gasteiger partial charge on any atom is -0.373 e. The van der Waals surface area contributed by atoms with E-state index in [4.69, 9.17) is 21.1 Å². The molecule has 4 rings (SSSR count). The Balaban J connectivity index is 1.39. The summed E-state index contributed by atoms with van der Waals surface area (Å²) in [5.41, 5.74) is 3.86. The van der Waals surface area contributed by atoms with Gasteiger partial charge in [0, 0.05) is 56.6 Å². The molecule has 1 N–H and O–H groups in total. The quantitative estimate of drug-likeness (QED) is 0.364. The predicted molar refractivity (Wildman–Crippen MR) is 144 cm³/mol. The number of rotatable bonds is 11. The van der Waals surface area contributed by atoms with Gasteiger partial charge in [-0.3, -0.25) is 9.69 Å². The van der Waals surface area contributed by atoms with Gasteiger partial charge in [-0.05, 0) is 47.9 Å². The Morgan fingerprint density at radius 1 is 1.08 bits per heavy atom. The van der Waals surface area contributed by atoms with Crippen LogP contribution in [-0.4, -0.2) is 57.5 Å². The molecule has 0 bridgehead atoms. The van der Waals surface area contributed by atoms with Crippen molar-refractivity contribution in [3.05, 3.63) is 101 Å². The number of hydrogen-bond acceptors (Lipinski definition) is 5. The maximum absolute atomic E-state index is 12.7. The summed E-state index contributed by atoms with van der Waals surface area (Å²) in [6.45, 7) is 3.39. The van der Waals surface area contributed by atoms with Gasteiger partial charge >= 0.3 is 0 Å². The van der Waals surface area contributed by atoms with E-state index in [0.717, 1.165) is 37.3 Å². The lowest BCUT2D eigenvalue weighted by atomic mass is 10.0. The number of halogens is 1. The van der Waals surface area contributed by atoms with Crippen LogP contribution in [0, 0.1) is 0 Å². The first-order valence-electron chi connectivity index (χ1n) is 12.3. The zero-order chi connectivity index (χ0) is 25.3. The minimum atomic E-state index is -0.120. The van der Waals surface area contributed by atoms with E-state index in [2.05, 4.69) is 46.4 Å². The fourth-order valence-electron chi connectivity index (χ4n) is 4.60. The first-order chi connectivity index (χ1) is 17.5. The van der Waals surface area contributed by atoms with Crippen LogP contribution in [0.3, 0.4) is 0 Å². The second kappa shape index (κ2) is 12.9. The van der Waals surface area contributed by atoms with Gasteiger partial charge < -0.3 is 19.7 Å². The SMILES string of the molecule is COCO[C@H]1CCN([C@@H](CN(C)c2ccc(C(=O)NCc3ccccc3Cl)cc2)c2ccccc2)C1. The normalized spacial score (nSPS) is 16.6. The Morgan fingerprint density at radius 2 is 1.81 bits per heavy atom. The van der Waals surface area contributed by atoms with E-state index in [9.17, 15) is 4.79 Å². The van der Waals surface area contributed by atoms with Gasteiger partial charge in [0.1, 0.15) is 6.79 Å². The van der Waals surface area contributed by atoms with Gasteiger partial charge in [0.15, 0.2) is 0 Å². The van der Waals surface area contributed by atoms with Crippen LogP contribution in [0.1, 0.15) is 33.9 Å². The van der Waals surface area contributed by atoms with Crippen LogP contribution in [-0.2, 0) is 16.0 Å². The summed E-state index contributed by atoms with van der Waals surface area (Å²) in [4.78, 5) is 17.4. The average Bonchev–Trinajstić information content (AvgIpc) is 3.39. The minimum absolute atomic E-state index is 0.120. The second-order valence-corrected chi connectivity index (χ2v) is 9.51. The highest BCUT2D eigenvalue weighted by Gasteiger charge is 2.30. The van der Waals surface area contributed by atoms with Gasteiger partial charge in [-0.25, -0.2) is 0 Å². The van der Waals surface area contributed by atoms with Gasteiger partial charge in [0.25, 0.3) is 5.91 Å². The van der Waals surface area contributed by atoms with Crippen molar-refractivity contribution in [1.82, 2.24) is 10.2 Å². The number of likely N-dealkylation sites (N-methyl/N-ethyl adjacent to an activating group) is 1. The molecule has 1 heterocycles. The average molecular weight is 508 g/mol. The number of nitrogens with zero attached hydrogens (tertiary/aromatic N) is 2. The molecular weight excluding hydrogens is 474 g/mol. The molecule has 3 aromatic rings. The van der Waals surface area contributed by atoms with Gasteiger partial charge in [-0.1, -0.05) is 60.1 Å². The zero-order valence-electron chi connectivity index (χ0n) is 20.9. The summed E-state index contributed by atoms with van der Waals surface area (Å²) in [6.07, 6.45) is 1.18. The number of amides is 1. The van der Waals surface area contributed by atoms with E-state index < -0.39 is 0 Å². The third-order valence-corrected chi connectivity index (χ3v) is 7.01. The molecule has 1 saturated heterocycles. The Bertz CT molecular complexity index is 1110. The highest BCUT2D eigenvalue weighted by atomic mass is 35.5. The van der Waals surface area contributed by atoms with E-state index in [-0.39, 0.29) is 18.1 Å². The number of methoxy groups -OCH3 is 1. The van der Waals surface area contributed by atoms with Crippen LogP contribution >= 0.6 is 11.6 Å². The monoisotopic (exact) mass is 507 g/mol. The van der Waals surface area contributed by atoms with Crippen LogP contribution < -0.4 is 10.2 Å². The number of benzene rings is 3. The zero-order valence-corrected chi connectivity index (χ0v) is 21.7. The summed E-state index contributed by atoms with van der Waals surface area (Å²) in [7, 11) is 3.75. The van der Waals surface area contributed by atoms with E-state index in [1.807, 2.05) is 54.6 Å². The Kier molecular flexibility index (Phi) is 9.36. The van der Waals surface area contributed by atoms with Crippen LogP contribution in [0.25, 0.3) is 0 Å². The number of anilines is 1. The van der Waals surface area contributed by atoms with Crippen molar-refractivity contribution in [2.45, 2.75) is 25.1 Å². The van der Waals surface area contributed by atoms with Crippen LogP contribution in [0.4, 0.5) is 5.69 Å². The first-order valence-corrected chi connectivity index (χ1v) is 12.7. The topological polar surface area (TPSA) is 54.0 Å². The van der Waals surface area contributed by atoms with E-state index >= 15 is 0 Å². The lowest BCUT2D eigenvalue weighted by Gasteiger charge is -2.33. The van der Waals surface area contributed by atoms with Crippen LogP contribution in [0.15, 0.2) is 78.9 Å². The van der Waals surface area contributed by atoms with Crippen LogP contribution in [0.2, 0.25) is 5.02 Å². The fraction of sp³-hybridized carbons (Fsp3) is 0.345. The van der Waals surface area contributed by atoms with Gasteiger partial charge in [-0.2, -0.15) is 0 Å². The van der Waals surface area contributed by atoms with Crippen molar-refractivity contribution in [3.8, 4) is 0 Å². The maximum atomic E-state index is 12.7. The molecule has 0 unspecified atom stereocenters. The number of carbonyl (C=O) groups excluding carboxylic acids is 1. The Morgan fingerprint density at radius 3 is 2.53 bits per heavy atom. The van der Waals surface area contributed by atoms with Crippen molar-refractivity contribution in [1.29, 1.82) is 0 Å². The third kappa shape index (κ3) is 6.86. The van der Waals surface area contributed by atoms with E-state index in [1.54, 1.807) is 7.11 Å². The third-order valence-electron chi connectivity index (χ3n) is 6.64.